The Balaban J connectivity index is 1.91. The Kier molecular flexibility index (Phi) is 4.65. The van der Waals surface area contributed by atoms with E-state index < -0.39 is 12.0 Å². The van der Waals surface area contributed by atoms with Crippen LogP contribution in [0.4, 0.5) is 0 Å². The number of nitrogens with zero attached hydrogens (tertiary/aromatic N) is 1. The van der Waals surface area contributed by atoms with E-state index in [9.17, 15) is 4.79 Å². The lowest BCUT2D eigenvalue weighted by Gasteiger charge is -2.34. The number of aliphatic carboxylic acids is 1. The van der Waals surface area contributed by atoms with E-state index in [0.29, 0.717) is 0 Å². The van der Waals surface area contributed by atoms with Gasteiger partial charge in [-0.15, -0.1) is 0 Å². The van der Waals surface area contributed by atoms with Crippen LogP contribution >= 0.6 is 0 Å². The van der Waals surface area contributed by atoms with Crippen LogP contribution in [0.15, 0.2) is 18.2 Å². The van der Waals surface area contributed by atoms with Crippen molar-refractivity contribution < 1.29 is 14.6 Å². The summed E-state index contributed by atoms with van der Waals surface area (Å²) in [5.74, 6) is 0.202. The van der Waals surface area contributed by atoms with Crippen LogP contribution in [0.25, 0.3) is 0 Å². The van der Waals surface area contributed by atoms with Gasteiger partial charge in [-0.25, -0.2) is 0 Å². The predicted octanol–water partition coefficient (Wildman–Crippen LogP) is 2.62. The molecule has 0 aliphatic carbocycles. The number of carboxylic acids is 1. The summed E-state index contributed by atoms with van der Waals surface area (Å²) in [4.78, 5) is 13.0. The van der Waals surface area contributed by atoms with Crippen LogP contribution in [0.5, 0.6) is 5.75 Å². The van der Waals surface area contributed by atoms with Crippen molar-refractivity contribution in [3.05, 3.63) is 29.3 Å². The Morgan fingerprint density at radius 3 is 2.60 bits per heavy atom. The van der Waals surface area contributed by atoms with Crippen molar-refractivity contribution in [2.45, 2.75) is 45.8 Å². The Labute approximate surface area is 120 Å². The van der Waals surface area contributed by atoms with Gasteiger partial charge in [0.1, 0.15) is 17.9 Å². The molecule has 0 aromatic heterocycles. The third-order valence-electron chi connectivity index (χ3n) is 4.02. The van der Waals surface area contributed by atoms with Gasteiger partial charge in [-0.3, -0.25) is 9.69 Å². The van der Waals surface area contributed by atoms with Gasteiger partial charge in [0.25, 0.3) is 0 Å². The van der Waals surface area contributed by atoms with Crippen LogP contribution in [-0.2, 0) is 4.79 Å². The van der Waals surface area contributed by atoms with E-state index in [-0.39, 0.29) is 6.10 Å². The van der Waals surface area contributed by atoms with E-state index in [0.717, 1.165) is 37.2 Å². The molecule has 110 valence electrons. The zero-order valence-corrected chi connectivity index (χ0v) is 12.4. The fourth-order valence-corrected chi connectivity index (χ4v) is 2.55. The van der Waals surface area contributed by atoms with Gasteiger partial charge in [0.2, 0.25) is 0 Å². The molecule has 0 bridgehead atoms. The number of ether oxygens (including phenoxy) is 1. The second-order valence-electron chi connectivity index (χ2n) is 5.64. The van der Waals surface area contributed by atoms with Crippen molar-refractivity contribution in [2.24, 2.45) is 0 Å². The van der Waals surface area contributed by atoms with Crippen molar-refractivity contribution in [1.82, 2.24) is 4.90 Å². The van der Waals surface area contributed by atoms with Gasteiger partial charge in [-0.1, -0.05) is 12.1 Å². The number of rotatable bonds is 4. The Hall–Kier alpha value is -1.55. The molecule has 4 heteroatoms. The first-order chi connectivity index (χ1) is 9.47. The zero-order chi connectivity index (χ0) is 14.7. The van der Waals surface area contributed by atoms with Gasteiger partial charge in [0.15, 0.2) is 0 Å². The monoisotopic (exact) mass is 277 g/mol. The van der Waals surface area contributed by atoms with Crippen molar-refractivity contribution >= 4 is 5.97 Å². The molecule has 1 fully saturated rings. The van der Waals surface area contributed by atoms with Crippen LogP contribution in [0.2, 0.25) is 0 Å². The Bertz CT molecular complexity index is 479. The molecule has 0 spiro atoms. The van der Waals surface area contributed by atoms with Crippen LogP contribution in [0.3, 0.4) is 0 Å². The summed E-state index contributed by atoms with van der Waals surface area (Å²) in [5.41, 5.74) is 2.35. The number of likely N-dealkylation sites (tertiary alicyclic amines) is 1. The average molecular weight is 277 g/mol. The number of benzene rings is 1. The molecule has 1 N–H and O–H groups in total. The fraction of sp³-hybridized carbons (Fsp3) is 0.562. The first kappa shape index (κ1) is 14.9. The molecule has 1 saturated heterocycles. The van der Waals surface area contributed by atoms with Crippen molar-refractivity contribution in [2.75, 3.05) is 13.1 Å². The van der Waals surface area contributed by atoms with E-state index in [1.54, 1.807) is 6.92 Å². The van der Waals surface area contributed by atoms with Crippen LogP contribution < -0.4 is 4.74 Å². The number of aryl methyl sites for hydroxylation is 2. The minimum absolute atomic E-state index is 0.188. The van der Waals surface area contributed by atoms with E-state index in [4.69, 9.17) is 9.84 Å². The van der Waals surface area contributed by atoms with Crippen molar-refractivity contribution in [3.63, 3.8) is 0 Å². The summed E-state index contributed by atoms with van der Waals surface area (Å²) in [6.07, 6.45) is 1.95. The molecule has 0 amide bonds. The maximum atomic E-state index is 11.0. The first-order valence-corrected chi connectivity index (χ1v) is 7.18. The summed E-state index contributed by atoms with van der Waals surface area (Å²) in [7, 11) is 0. The fourth-order valence-electron chi connectivity index (χ4n) is 2.55. The quantitative estimate of drug-likeness (QED) is 0.919. The SMILES string of the molecule is Cc1ccc(C)c(OC2CCN(C(C)C(=O)O)CC2)c1. The van der Waals surface area contributed by atoms with Gasteiger partial charge in [0, 0.05) is 13.1 Å². The highest BCUT2D eigenvalue weighted by molar-refractivity contribution is 5.72. The smallest absolute Gasteiger partial charge is 0.320 e. The van der Waals surface area contributed by atoms with Crippen molar-refractivity contribution in [1.29, 1.82) is 0 Å². The van der Waals surface area contributed by atoms with Gasteiger partial charge >= 0.3 is 5.97 Å². The normalized spacial score (nSPS) is 18.8. The molecule has 1 aliphatic heterocycles. The lowest BCUT2D eigenvalue weighted by atomic mass is 10.1. The molecule has 1 aromatic rings. The molecule has 4 nitrogen and oxygen atoms in total. The second-order valence-corrected chi connectivity index (χ2v) is 5.64. The maximum absolute atomic E-state index is 11.0. The third-order valence-corrected chi connectivity index (χ3v) is 4.02. The highest BCUT2D eigenvalue weighted by Crippen LogP contribution is 2.24. The highest BCUT2D eigenvalue weighted by atomic mass is 16.5. The summed E-state index contributed by atoms with van der Waals surface area (Å²) in [5, 5.41) is 9.03. The van der Waals surface area contributed by atoms with Crippen LogP contribution in [-0.4, -0.2) is 41.2 Å². The molecule has 1 heterocycles. The third kappa shape index (κ3) is 3.51. The number of hydrogen-bond donors (Lipinski definition) is 1. The number of carboxylic acid groups (broad SMARTS) is 1. The maximum Gasteiger partial charge on any atom is 0.320 e. The van der Waals surface area contributed by atoms with Gasteiger partial charge in [0.05, 0.1) is 0 Å². The van der Waals surface area contributed by atoms with Crippen LogP contribution in [0.1, 0.15) is 30.9 Å². The molecule has 1 aliphatic rings. The topological polar surface area (TPSA) is 49.8 Å². The molecular weight excluding hydrogens is 254 g/mol. The molecule has 0 saturated carbocycles. The molecular formula is C16H23NO3. The van der Waals surface area contributed by atoms with Crippen LogP contribution in [0, 0.1) is 13.8 Å². The summed E-state index contributed by atoms with van der Waals surface area (Å²) >= 11 is 0. The summed E-state index contributed by atoms with van der Waals surface area (Å²) < 4.78 is 6.08. The van der Waals surface area contributed by atoms with Crippen molar-refractivity contribution in [3.8, 4) is 5.75 Å². The summed E-state index contributed by atoms with van der Waals surface area (Å²) in [6.45, 7) is 7.42. The Morgan fingerprint density at radius 2 is 2.00 bits per heavy atom. The second kappa shape index (κ2) is 6.27. The molecule has 1 unspecified atom stereocenters. The van der Waals surface area contributed by atoms with Gasteiger partial charge in [-0.2, -0.15) is 0 Å². The van der Waals surface area contributed by atoms with E-state index >= 15 is 0 Å². The predicted molar refractivity (Wildman–Crippen MR) is 78.2 cm³/mol. The molecule has 20 heavy (non-hydrogen) atoms. The first-order valence-electron chi connectivity index (χ1n) is 7.18. The lowest BCUT2D eigenvalue weighted by molar-refractivity contribution is -0.143. The molecule has 1 atom stereocenters. The van der Waals surface area contributed by atoms with E-state index in [2.05, 4.69) is 32.0 Å². The lowest BCUT2D eigenvalue weighted by Crippen LogP contribution is -2.46. The molecule has 1 aromatic carbocycles. The number of hydrogen-bond acceptors (Lipinski definition) is 3. The van der Waals surface area contributed by atoms with E-state index in [1.165, 1.54) is 5.56 Å². The molecule has 0 radical (unpaired) electrons. The largest absolute Gasteiger partial charge is 0.490 e. The molecule has 2 rings (SSSR count). The number of piperidine rings is 1. The van der Waals surface area contributed by atoms with Gasteiger partial charge < -0.3 is 9.84 Å². The zero-order valence-electron chi connectivity index (χ0n) is 12.4. The minimum Gasteiger partial charge on any atom is -0.490 e. The average Bonchev–Trinajstić information content (AvgIpc) is 2.43. The number of carbonyl (C=O) groups is 1. The van der Waals surface area contributed by atoms with Gasteiger partial charge in [-0.05, 0) is 50.8 Å². The Morgan fingerprint density at radius 1 is 1.35 bits per heavy atom. The standard InChI is InChI=1S/C16H23NO3/c1-11-4-5-12(2)15(10-11)20-14-6-8-17(9-7-14)13(3)16(18)19/h4-5,10,13-14H,6-9H2,1-3H3,(H,18,19). The minimum atomic E-state index is -0.751. The highest BCUT2D eigenvalue weighted by Gasteiger charge is 2.27. The van der Waals surface area contributed by atoms with E-state index in [1.807, 2.05) is 4.90 Å². The summed E-state index contributed by atoms with van der Waals surface area (Å²) in [6, 6.07) is 5.82.